The second kappa shape index (κ2) is 9.93. The summed E-state index contributed by atoms with van der Waals surface area (Å²) in [4.78, 5) is 24.2. The fourth-order valence-corrected chi connectivity index (χ4v) is 3.57. The van der Waals surface area contributed by atoms with Crippen LogP contribution in [0.1, 0.15) is 16.1 Å². The number of halogens is 1. The molecule has 6 nitrogen and oxygen atoms in total. The highest BCUT2D eigenvalue weighted by molar-refractivity contribution is 7.99. The molecule has 2 amide bonds. The van der Waals surface area contributed by atoms with Crippen molar-refractivity contribution in [2.24, 2.45) is 5.10 Å². The van der Waals surface area contributed by atoms with Gasteiger partial charge < -0.3 is 9.73 Å². The Morgan fingerprint density at radius 2 is 1.75 bits per heavy atom. The fraction of sp³-hybridized carbons (Fsp3) is 0.0417. The monoisotopic (exact) mass is 447 g/mol. The van der Waals surface area contributed by atoms with Crippen molar-refractivity contribution >= 4 is 46.3 Å². The van der Waals surface area contributed by atoms with E-state index in [0.717, 1.165) is 16.5 Å². The summed E-state index contributed by atoms with van der Waals surface area (Å²) in [5.74, 6) is -0.437. The number of nitrogens with zero attached hydrogens (tertiary/aromatic N) is 1. The normalized spacial score (nSPS) is 11.0. The third-order valence-electron chi connectivity index (χ3n) is 4.45. The number of furan rings is 1. The first-order chi connectivity index (χ1) is 15.6. The largest absolute Gasteiger partial charge is 0.449 e. The summed E-state index contributed by atoms with van der Waals surface area (Å²) in [5, 5.41) is 9.42. The van der Waals surface area contributed by atoms with Crippen LogP contribution in [-0.2, 0) is 4.79 Å². The molecule has 3 aromatic carbocycles. The molecular weight excluding hydrogens is 429 g/mol. The van der Waals surface area contributed by atoms with Crippen LogP contribution in [0.3, 0.4) is 0 Å². The van der Waals surface area contributed by atoms with Crippen molar-refractivity contribution in [1.29, 1.82) is 0 Å². The Labute approximate surface area is 187 Å². The van der Waals surface area contributed by atoms with Crippen LogP contribution < -0.4 is 10.7 Å². The lowest BCUT2D eigenvalue weighted by Gasteiger charge is -2.06. The van der Waals surface area contributed by atoms with Crippen LogP contribution in [0.4, 0.5) is 10.1 Å². The number of hydrogen-bond donors (Lipinski definition) is 2. The molecule has 4 rings (SSSR count). The third-order valence-corrected chi connectivity index (χ3v) is 5.36. The van der Waals surface area contributed by atoms with E-state index in [1.807, 2.05) is 42.5 Å². The van der Waals surface area contributed by atoms with Gasteiger partial charge in [0.25, 0.3) is 5.91 Å². The van der Waals surface area contributed by atoms with E-state index in [-0.39, 0.29) is 17.2 Å². The van der Waals surface area contributed by atoms with Crippen LogP contribution in [0.5, 0.6) is 0 Å². The molecular formula is C24H18FN3O3S. The summed E-state index contributed by atoms with van der Waals surface area (Å²) in [5.41, 5.74) is 3.37. The van der Waals surface area contributed by atoms with Gasteiger partial charge in [-0.15, -0.1) is 0 Å². The second-order valence-corrected chi connectivity index (χ2v) is 7.74. The van der Waals surface area contributed by atoms with Gasteiger partial charge in [0.1, 0.15) is 11.6 Å². The van der Waals surface area contributed by atoms with Crippen molar-refractivity contribution in [3.05, 3.63) is 96.0 Å². The minimum atomic E-state index is -0.465. The van der Waals surface area contributed by atoms with Crippen LogP contribution in [0.2, 0.25) is 0 Å². The summed E-state index contributed by atoms with van der Waals surface area (Å²) in [6.45, 7) is 0. The molecule has 0 fully saturated rings. The number of fused-ring (bicyclic) bond motifs is 1. The van der Waals surface area contributed by atoms with Crippen LogP contribution in [0.15, 0.2) is 93.5 Å². The Morgan fingerprint density at radius 1 is 0.969 bits per heavy atom. The number of anilines is 1. The average molecular weight is 447 g/mol. The van der Waals surface area contributed by atoms with Gasteiger partial charge in [0.2, 0.25) is 5.91 Å². The molecule has 0 saturated heterocycles. The maximum absolute atomic E-state index is 12.9. The van der Waals surface area contributed by atoms with Crippen molar-refractivity contribution in [1.82, 2.24) is 5.43 Å². The van der Waals surface area contributed by atoms with Crippen LogP contribution in [-0.4, -0.2) is 23.8 Å². The number of amides is 2. The first-order valence-electron chi connectivity index (χ1n) is 9.67. The molecule has 1 aromatic heterocycles. The molecule has 0 unspecified atom stereocenters. The zero-order chi connectivity index (χ0) is 22.3. The first-order valence-corrected chi connectivity index (χ1v) is 10.7. The van der Waals surface area contributed by atoms with E-state index in [4.69, 9.17) is 4.42 Å². The number of hydrogen-bond acceptors (Lipinski definition) is 5. The van der Waals surface area contributed by atoms with E-state index in [1.54, 1.807) is 12.1 Å². The lowest BCUT2D eigenvalue weighted by Crippen LogP contribution is -2.17. The maximum atomic E-state index is 12.9. The molecule has 0 spiro atoms. The smallest absolute Gasteiger partial charge is 0.271 e. The van der Waals surface area contributed by atoms with E-state index >= 15 is 0 Å². The Morgan fingerprint density at radius 3 is 2.56 bits per heavy atom. The predicted molar refractivity (Wildman–Crippen MR) is 123 cm³/mol. The van der Waals surface area contributed by atoms with Crippen LogP contribution in [0.25, 0.3) is 10.8 Å². The van der Waals surface area contributed by atoms with E-state index in [2.05, 4.69) is 15.8 Å². The molecule has 0 atom stereocenters. The quantitative estimate of drug-likeness (QED) is 0.235. The number of hydrazone groups is 1. The summed E-state index contributed by atoms with van der Waals surface area (Å²) < 4.78 is 18.5. The highest BCUT2D eigenvalue weighted by atomic mass is 32.2. The molecule has 0 aliphatic rings. The highest BCUT2D eigenvalue weighted by Gasteiger charge is 2.08. The van der Waals surface area contributed by atoms with Crippen LogP contribution in [0, 0.1) is 5.82 Å². The topological polar surface area (TPSA) is 83.7 Å². The van der Waals surface area contributed by atoms with Gasteiger partial charge in [-0.25, -0.2) is 9.82 Å². The summed E-state index contributed by atoms with van der Waals surface area (Å²) in [6.07, 6.45) is 1.35. The van der Waals surface area contributed by atoms with Crippen molar-refractivity contribution in [3.63, 3.8) is 0 Å². The van der Waals surface area contributed by atoms with Crippen molar-refractivity contribution in [3.8, 4) is 0 Å². The van der Waals surface area contributed by atoms with E-state index in [0.29, 0.717) is 10.9 Å². The van der Waals surface area contributed by atoms with Gasteiger partial charge in [-0.2, -0.15) is 5.10 Å². The van der Waals surface area contributed by atoms with Gasteiger partial charge in [0, 0.05) is 11.3 Å². The molecule has 160 valence electrons. The zero-order valence-corrected chi connectivity index (χ0v) is 17.6. The third kappa shape index (κ3) is 5.61. The molecule has 1 heterocycles. The number of nitrogens with one attached hydrogen (secondary N) is 2. The molecule has 0 radical (unpaired) electrons. The fourth-order valence-electron chi connectivity index (χ4n) is 2.90. The second-order valence-electron chi connectivity index (χ2n) is 6.76. The Hall–Kier alpha value is -3.91. The predicted octanol–water partition coefficient (Wildman–Crippen LogP) is 5.07. The van der Waals surface area contributed by atoms with Gasteiger partial charge in [-0.3, -0.25) is 9.59 Å². The maximum Gasteiger partial charge on any atom is 0.271 e. The van der Waals surface area contributed by atoms with Gasteiger partial charge in [0.15, 0.2) is 5.09 Å². The molecule has 32 heavy (non-hydrogen) atoms. The lowest BCUT2D eigenvalue weighted by molar-refractivity contribution is -0.113. The highest BCUT2D eigenvalue weighted by Crippen LogP contribution is 2.22. The van der Waals surface area contributed by atoms with E-state index in [9.17, 15) is 14.0 Å². The number of thioether (sulfide) groups is 1. The number of benzene rings is 3. The lowest BCUT2D eigenvalue weighted by atomic mass is 10.1. The van der Waals surface area contributed by atoms with E-state index < -0.39 is 11.7 Å². The molecule has 4 aromatic rings. The van der Waals surface area contributed by atoms with Crippen molar-refractivity contribution < 1.29 is 18.4 Å². The molecule has 0 bridgehead atoms. The minimum absolute atomic E-state index is 0.150. The summed E-state index contributed by atoms with van der Waals surface area (Å²) in [6, 6.07) is 22.2. The number of rotatable bonds is 7. The Bertz CT molecular complexity index is 1290. The van der Waals surface area contributed by atoms with Crippen LogP contribution >= 0.6 is 11.8 Å². The van der Waals surface area contributed by atoms with Gasteiger partial charge in [0.05, 0.1) is 12.0 Å². The van der Waals surface area contributed by atoms with Crippen molar-refractivity contribution in [2.45, 2.75) is 5.09 Å². The summed E-state index contributed by atoms with van der Waals surface area (Å²) in [7, 11) is 0. The minimum Gasteiger partial charge on any atom is -0.449 e. The molecule has 8 heteroatoms. The molecule has 0 aliphatic heterocycles. The first kappa shape index (κ1) is 21.3. The SMILES string of the molecule is O=C(CSc1ccc(/C=N/NC(=O)c2ccc(F)cc2)o1)Nc1ccc2ccccc2c1. The standard InChI is InChI=1S/C24H18FN3O3S/c25-19-8-5-17(6-9-19)24(30)28-26-14-21-11-12-23(31-21)32-15-22(29)27-20-10-7-16-3-1-2-4-18(16)13-20/h1-14H,15H2,(H,27,29)(H,28,30)/b26-14+. The Kier molecular flexibility index (Phi) is 6.62. The number of carbonyl (C=O) groups excluding carboxylic acids is 2. The molecule has 0 aliphatic carbocycles. The Balaban J connectivity index is 1.26. The van der Waals surface area contributed by atoms with Gasteiger partial charge in [-0.05, 0) is 59.3 Å². The molecule has 2 N–H and O–H groups in total. The number of carbonyl (C=O) groups is 2. The van der Waals surface area contributed by atoms with E-state index in [1.165, 1.54) is 42.2 Å². The van der Waals surface area contributed by atoms with Crippen molar-refractivity contribution in [2.75, 3.05) is 11.1 Å². The van der Waals surface area contributed by atoms with Gasteiger partial charge in [-0.1, -0.05) is 42.1 Å². The summed E-state index contributed by atoms with van der Waals surface area (Å²) >= 11 is 1.25. The average Bonchev–Trinajstić information content (AvgIpc) is 3.26. The molecule has 0 saturated carbocycles. The van der Waals surface area contributed by atoms with Gasteiger partial charge >= 0.3 is 0 Å². The zero-order valence-electron chi connectivity index (χ0n) is 16.7.